The third-order valence-electron chi connectivity index (χ3n) is 20.0. The van der Waals surface area contributed by atoms with E-state index in [1.165, 1.54) is 5.57 Å². The van der Waals surface area contributed by atoms with Crippen LogP contribution in [0.5, 0.6) is 0 Å². The highest BCUT2D eigenvalue weighted by atomic mass is 16.6. The molecule has 0 aromatic heterocycles. The number of esters is 4. The topological polar surface area (TPSA) is 118 Å². The third kappa shape index (κ3) is 3.53. The first-order chi connectivity index (χ1) is 29.2. The minimum absolute atomic E-state index is 0.00746. The van der Waals surface area contributed by atoms with Crippen LogP contribution in [-0.2, 0) is 38.1 Å². The maximum Gasteiger partial charge on any atom is 0.335 e. The molecule has 0 amide bonds. The highest BCUT2D eigenvalue weighted by molar-refractivity contribution is 5.97. The van der Waals surface area contributed by atoms with Crippen LogP contribution in [0.4, 0.5) is 0 Å². The predicted octanol–water partition coefficient (Wildman–Crippen LogP) is 3.34. The van der Waals surface area contributed by atoms with E-state index in [1.807, 2.05) is 6.08 Å². The summed E-state index contributed by atoms with van der Waals surface area (Å²) in [6.07, 6.45) is 22.2. The lowest BCUT2D eigenvalue weighted by Crippen LogP contribution is -2.53. The average molecular weight is 811 g/mol. The first-order valence-electron chi connectivity index (χ1n) is 23.5. The molecule has 0 aromatic carbocycles. The Bertz CT molecular complexity index is 2430. The monoisotopic (exact) mass is 810 g/mol. The number of nitrogens with zero attached hydrogens (tertiary/aromatic N) is 4. The van der Waals surface area contributed by atoms with Gasteiger partial charge in [-0.2, -0.15) is 0 Å². The molecule has 16 aliphatic rings. The molecule has 15 atom stereocenters. The molecule has 13 heterocycles. The largest absolute Gasteiger partial charge is 0.450 e. The van der Waals surface area contributed by atoms with Crippen molar-refractivity contribution < 1.29 is 38.1 Å². The highest BCUT2D eigenvalue weighted by Gasteiger charge is 2.75. The Labute approximate surface area is 348 Å². The maximum absolute atomic E-state index is 15.4. The second-order valence-electron chi connectivity index (χ2n) is 21.6. The van der Waals surface area contributed by atoms with Crippen LogP contribution < -0.4 is 0 Å². The van der Waals surface area contributed by atoms with Crippen LogP contribution >= 0.6 is 0 Å². The number of carbonyl (C=O) groups excluding carboxylic acids is 4. The van der Waals surface area contributed by atoms with Crippen molar-refractivity contribution in [2.24, 2.45) is 17.8 Å². The molecule has 10 fully saturated rings. The van der Waals surface area contributed by atoms with Gasteiger partial charge in [-0.25, -0.2) is 19.2 Å². The summed E-state index contributed by atoms with van der Waals surface area (Å²) >= 11 is 0. The molecular formula is C48H50N4O8. The molecule has 1 saturated carbocycles. The number of carbonyl (C=O) groups is 4. The van der Waals surface area contributed by atoms with Gasteiger partial charge in [-0.1, -0.05) is 6.08 Å². The first-order valence-corrected chi connectivity index (χ1v) is 23.5. The van der Waals surface area contributed by atoms with Gasteiger partial charge in [-0.05, 0) is 124 Å². The molecule has 16 rings (SSSR count). The number of ether oxygens (including phenoxy) is 4. The predicted molar refractivity (Wildman–Crippen MR) is 210 cm³/mol. The summed E-state index contributed by atoms with van der Waals surface area (Å²) in [5.74, 6) is -1.20. The van der Waals surface area contributed by atoms with E-state index in [4.69, 9.17) is 18.9 Å². The van der Waals surface area contributed by atoms with Crippen molar-refractivity contribution in [1.82, 2.24) is 19.6 Å². The van der Waals surface area contributed by atoms with E-state index in [1.54, 1.807) is 12.2 Å². The maximum atomic E-state index is 15.4. The van der Waals surface area contributed by atoms with Crippen LogP contribution in [0.2, 0.25) is 0 Å². The number of hydrogen-bond acceptors (Lipinski definition) is 12. The van der Waals surface area contributed by atoms with Crippen molar-refractivity contribution in [1.29, 1.82) is 0 Å². The first kappa shape index (κ1) is 33.7. The van der Waals surface area contributed by atoms with Crippen molar-refractivity contribution in [2.75, 3.05) is 26.2 Å². The van der Waals surface area contributed by atoms with Gasteiger partial charge in [0, 0.05) is 90.7 Å². The summed E-state index contributed by atoms with van der Waals surface area (Å²) in [4.78, 5) is 66.3. The van der Waals surface area contributed by atoms with E-state index in [-0.39, 0.29) is 90.0 Å². The van der Waals surface area contributed by atoms with Gasteiger partial charge in [0.1, 0.15) is 0 Å². The summed E-state index contributed by atoms with van der Waals surface area (Å²) < 4.78 is 26.4. The van der Waals surface area contributed by atoms with Crippen LogP contribution in [0.25, 0.3) is 0 Å². The van der Waals surface area contributed by atoms with E-state index in [9.17, 15) is 14.4 Å². The van der Waals surface area contributed by atoms with Crippen molar-refractivity contribution in [3.63, 3.8) is 0 Å². The zero-order valence-corrected chi connectivity index (χ0v) is 33.8. The van der Waals surface area contributed by atoms with Crippen molar-refractivity contribution in [3.05, 3.63) is 69.4 Å². The van der Waals surface area contributed by atoms with Crippen LogP contribution in [-0.4, -0.2) is 140 Å². The highest BCUT2D eigenvalue weighted by Crippen LogP contribution is 2.69. The van der Waals surface area contributed by atoms with Gasteiger partial charge in [0.2, 0.25) is 0 Å². The molecule has 0 radical (unpaired) electrons. The van der Waals surface area contributed by atoms with Crippen LogP contribution in [0.15, 0.2) is 69.4 Å². The standard InChI is InChI=1S/C48H50N4O8/c53-38-14-23-13-27(32-20-45(23,57-38)34-5-2-11-51(32)34)41-30-18-40(55)59-47(30)22-33(52-12-4-7-36(47)52)43(41)42-29-16-26(31-21-48(29,60-44(42)56)37-8-3-10-50(31)37)25-15-24-19-46(28(25)17-39(54)58-46)35-6-1-9-49(24)35/h14-18,24,27,31-37,41,43H,1-13,19-22H2/t24-,27+,31+,32+,33+,34-,35-,36-,37-,41-,43-,45+,46+,47+,48+/m1/s1. The van der Waals surface area contributed by atoms with Gasteiger partial charge in [0.05, 0.1) is 24.2 Å². The van der Waals surface area contributed by atoms with E-state index in [2.05, 4.69) is 31.8 Å². The molecule has 13 aliphatic heterocycles. The molecule has 4 spiro atoms. The molecule has 0 aromatic rings. The minimum atomic E-state index is -0.735. The van der Waals surface area contributed by atoms with Gasteiger partial charge < -0.3 is 18.9 Å². The summed E-state index contributed by atoms with van der Waals surface area (Å²) in [6, 6.07) is 1.00. The smallest absolute Gasteiger partial charge is 0.335 e. The Hall–Kier alpha value is -3.84. The second kappa shape index (κ2) is 10.5. The third-order valence-corrected chi connectivity index (χ3v) is 20.0. The number of rotatable bonds is 3. The Morgan fingerprint density at radius 2 is 1.20 bits per heavy atom. The van der Waals surface area contributed by atoms with E-state index >= 15 is 4.79 Å². The van der Waals surface area contributed by atoms with Gasteiger partial charge >= 0.3 is 23.9 Å². The molecule has 12 heteroatoms. The molecule has 3 aliphatic carbocycles. The molecule has 0 unspecified atom stereocenters. The fourth-order valence-corrected chi connectivity index (χ4v) is 18.5. The molecule has 8 bridgehead atoms. The SMILES string of the molecule is O=C1C=C2C(C3=CC4=C([C@H]5[C@H]([C@H]6CC7=CC(=O)O[C@@]78C[C@@H]6N6CCC[C@@H]68)C6=CC(=O)O[C@@]67C[C@@H]5N5CCC[C@@H]57)C(=O)O[C@@]45C[C@@H]3N3CCC[C@@H]35)=C[C@@H]3C[C@@]2(O1)[C@H]1CCCN31. The quantitative estimate of drug-likeness (QED) is 0.308. The summed E-state index contributed by atoms with van der Waals surface area (Å²) in [5.41, 5.74) is 4.88. The van der Waals surface area contributed by atoms with Crippen molar-refractivity contribution in [2.45, 2.75) is 154 Å². The Balaban J connectivity index is 0.924. The summed E-state index contributed by atoms with van der Waals surface area (Å²) in [6.45, 7) is 3.86. The normalized spacial score (nSPS) is 52.1. The van der Waals surface area contributed by atoms with Gasteiger partial charge in [0.15, 0.2) is 22.4 Å². The molecule has 12 nitrogen and oxygen atoms in total. The van der Waals surface area contributed by atoms with Gasteiger partial charge in [0.25, 0.3) is 0 Å². The summed E-state index contributed by atoms with van der Waals surface area (Å²) in [5, 5.41) is 0. The number of fused-ring (bicyclic) bond motifs is 9. The molecule has 9 saturated heterocycles. The van der Waals surface area contributed by atoms with Crippen LogP contribution in [0.1, 0.15) is 83.5 Å². The van der Waals surface area contributed by atoms with Gasteiger partial charge in [-0.3, -0.25) is 19.6 Å². The van der Waals surface area contributed by atoms with Crippen LogP contribution in [0, 0.1) is 17.8 Å². The molecule has 310 valence electrons. The minimum Gasteiger partial charge on any atom is -0.450 e. The van der Waals surface area contributed by atoms with E-state index < -0.39 is 22.4 Å². The van der Waals surface area contributed by atoms with Gasteiger partial charge in [-0.15, -0.1) is 0 Å². The molecular weight excluding hydrogens is 761 g/mol. The van der Waals surface area contributed by atoms with Crippen molar-refractivity contribution in [3.8, 4) is 0 Å². The lowest BCUT2D eigenvalue weighted by Gasteiger charge is -2.49. The zero-order chi connectivity index (χ0) is 39.4. The zero-order valence-electron chi connectivity index (χ0n) is 33.8. The average Bonchev–Trinajstić information content (AvgIpc) is 4.07. The van der Waals surface area contributed by atoms with Crippen molar-refractivity contribution >= 4 is 23.9 Å². The second-order valence-corrected chi connectivity index (χ2v) is 21.6. The Morgan fingerprint density at radius 3 is 2.02 bits per heavy atom. The lowest BCUT2D eigenvalue weighted by atomic mass is 9.55. The van der Waals surface area contributed by atoms with E-state index in [0.29, 0.717) is 12.8 Å². The summed E-state index contributed by atoms with van der Waals surface area (Å²) in [7, 11) is 0. The van der Waals surface area contributed by atoms with E-state index in [0.717, 1.165) is 130 Å². The fraction of sp³-hybridized carbons (Fsp3) is 0.667. The fourth-order valence-electron chi connectivity index (χ4n) is 18.5. The Morgan fingerprint density at radius 1 is 0.567 bits per heavy atom. The molecule has 60 heavy (non-hydrogen) atoms. The molecule has 0 N–H and O–H groups in total. The number of hydrogen-bond donors (Lipinski definition) is 0. The Kier molecular flexibility index (Phi) is 5.90. The lowest BCUT2D eigenvalue weighted by molar-refractivity contribution is -0.151. The van der Waals surface area contributed by atoms with Crippen LogP contribution in [0.3, 0.4) is 0 Å².